The predicted molar refractivity (Wildman–Crippen MR) is 71.4 cm³/mol. The number of aliphatic carboxylic acids is 1. The Morgan fingerprint density at radius 2 is 1.85 bits per heavy atom. The van der Waals surface area contributed by atoms with Crippen molar-refractivity contribution < 1.29 is 18.7 Å². The zero-order valence-corrected chi connectivity index (χ0v) is 11.2. The van der Waals surface area contributed by atoms with Gasteiger partial charge in [-0.3, -0.25) is 10.1 Å². The standard InChI is InChI=1S/C15H19F2NO2/c16-10-7-8-12(13(17)9-10)14(15(19)20)18-11-5-3-1-2-4-6-11/h7-9,11,14,18H,1-6H2,(H,19,20). The second kappa shape index (κ2) is 6.79. The molecule has 0 spiro atoms. The first kappa shape index (κ1) is 14.9. The monoisotopic (exact) mass is 283 g/mol. The van der Waals surface area contributed by atoms with E-state index in [2.05, 4.69) is 5.32 Å². The van der Waals surface area contributed by atoms with Crippen molar-refractivity contribution in [1.82, 2.24) is 5.32 Å². The number of rotatable bonds is 4. The molecule has 1 atom stereocenters. The van der Waals surface area contributed by atoms with Crippen LogP contribution in [0.25, 0.3) is 0 Å². The van der Waals surface area contributed by atoms with Crippen molar-refractivity contribution in [1.29, 1.82) is 0 Å². The van der Waals surface area contributed by atoms with Gasteiger partial charge in [-0.1, -0.05) is 31.7 Å². The van der Waals surface area contributed by atoms with Crippen molar-refractivity contribution in [2.45, 2.75) is 50.6 Å². The van der Waals surface area contributed by atoms with Crippen molar-refractivity contribution in [3.63, 3.8) is 0 Å². The number of carbonyl (C=O) groups is 1. The SMILES string of the molecule is O=C(O)C(NC1CCCCCC1)c1ccc(F)cc1F. The molecule has 1 aliphatic carbocycles. The molecular weight excluding hydrogens is 264 g/mol. The summed E-state index contributed by atoms with van der Waals surface area (Å²) in [6.07, 6.45) is 6.20. The molecular formula is C15H19F2NO2. The van der Waals surface area contributed by atoms with Crippen LogP contribution in [0.15, 0.2) is 18.2 Å². The molecule has 2 N–H and O–H groups in total. The molecule has 1 unspecified atom stereocenters. The molecule has 0 aliphatic heterocycles. The van der Waals surface area contributed by atoms with Crippen LogP contribution in [0.4, 0.5) is 8.78 Å². The van der Waals surface area contributed by atoms with E-state index in [0.29, 0.717) is 0 Å². The van der Waals surface area contributed by atoms with Crippen molar-refractivity contribution >= 4 is 5.97 Å². The fourth-order valence-electron chi connectivity index (χ4n) is 2.71. The molecule has 3 nitrogen and oxygen atoms in total. The van der Waals surface area contributed by atoms with Crippen LogP contribution in [0.1, 0.15) is 50.1 Å². The topological polar surface area (TPSA) is 49.3 Å². The molecule has 110 valence electrons. The Bertz CT molecular complexity index is 471. The summed E-state index contributed by atoms with van der Waals surface area (Å²) in [4.78, 5) is 11.4. The molecule has 0 amide bonds. The highest BCUT2D eigenvalue weighted by atomic mass is 19.1. The van der Waals surface area contributed by atoms with Crippen LogP contribution in [0.2, 0.25) is 0 Å². The summed E-state index contributed by atoms with van der Waals surface area (Å²) < 4.78 is 26.7. The maximum Gasteiger partial charge on any atom is 0.325 e. The summed E-state index contributed by atoms with van der Waals surface area (Å²) in [5.41, 5.74) is -0.0110. The minimum Gasteiger partial charge on any atom is -0.480 e. The lowest BCUT2D eigenvalue weighted by atomic mass is 10.0. The number of hydrogen-bond donors (Lipinski definition) is 2. The fourth-order valence-corrected chi connectivity index (χ4v) is 2.71. The Labute approximate surface area is 117 Å². The average Bonchev–Trinajstić information content (AvgIpc) is 2.65. The molecule has 2 rings (SSSR count). The smallest absolute Gasteiger partial charge is 0.325 e. The molecule has 0 heterocycles. The van der Waals surface area contributed by atoms with E-state index in [1.54, 1.807) is 0 Å². The van der Waals surface area contributed by atoms with E-state index in [0.717, 1.165) is 50.7 Å². The van der Waals surface area contributed by atoms with Gasteiger partial charge in [0.15, 0.2) is 0 Å². The van der Waals surface area contributed by atoms with E-state index in [1.165, 1.54) is 6.07 Å². The van der Waals surface area contributed by atoms with Crippen LogP contribution >= 0.6 is 0 Å². The molecule has 1 fully saturated rings. The van der Waals surface area contributed by atoms with Gasteiger partial charge in [-0.25, -0.2) is 8.78 Å². The Hall–Kier alpha value is -1.49. The highest BCUT2D eigenvalue weighted by Gasteiger charge is 2.26. The van der Waals surface area contributed by atoms with E-state index >= 15 is 0 Å². The van der Waals surface area contributed by atoms with Gasteiger partial charge in [0.05, 0.1) is 0 Å². The Balaban J connectivity index is 2.15. The summed E-state index contributed by atoms with van der Waals surface area (Å²) in [5.74, 6) is -2.66. The van der Waals surface area contributed by atoms with Gasteiger partial charge in [0.2, 0.25) is 0 Å². The van der Waals surface area contributed by atoms with Crippen molar-refractivity contribution in [2.75, 3.05) is 0 Å². The van der Waals surface area contributed by atoms with Crippen LogP contribution in [-0.2, 0) is 4.79 Å². The zero-order valence-electron chi connectivity index (χ0n) is 11.2. The fraction of sp³-hybridized carbons (Fsp3) is 0.533. The number of nitrogens with one attached hydrogen (secondary N) is 1. The number of benzene rings is 1. The lowest BCUT2D eigenvalue weighted by molar-refractivity contribution is -0.140. The van der Waals surface area contributed by atoms with Gasteiger partial charge in [-0.2, -0.15) is 0 Å². The Morgan fingerprint density at radius 1 is 1.20 bits per heavy atom. The molecule has 1 aliphatic rings. The Morgan fingerprint density at radius 3 is 2.40 bits per heavy atom. The molecule has 1 saturated carbocycles. The maximum absolute atomic E-state index is 13.8. The highest BCUT2D eigenvalue weighted by Crippen LogP contribution is 2.23. The minimum atomic E-state index is -1.14. The first-order chi connectivity index (χ1) is 9.58. The third kappa shape index (κ3) is 3.76. The van der Waals surface area contributed by atoms with Gasteiger partial charge < -0.3 is 5.11 Å². The van der Waals surface area contributed by atoms with Gasteiger partial charge in [0.25, 0.3) is 0 Å². The van der Waals surface area contributed by atoms with Crippen LogP contribution < -0.4 is 5.32 Å². The number of carboxylic acid groups (broad SMARTS) is 1. The largest absolute Gasteiger partial charge is 0.480 e. The van der Waals surface area contributed by atoms with Gasteiger partial charge in [0.1, 0.15) is 17.7 Å². The summed E-state index contributed by atoms with van der Waals surface area (Å²) in [5, 5.41) is 12.3. The van der Waals surface area contributed by atoms with Crippen molar-refractivity contribution in [3.05, 3.63) is 35.4 Å². The molecule has 20 heavy (non-hydrogen) atoms. The number of hydrogen-bond acceptors (Lipinski definition) is 2. The predicted octanol–water partition coefficient (Wildman–Crippen LogP) is 3.40. The second-order valence-corrected chi connectivity index (χ2v) is 5.29. The molecule has 0 bridgehead atoms. The molecule has 1 aromatic carbocycles. The van der Waals surface area contributed by atoms with E-state index < -0.39 is 23.6 Å². The third-order valence-electron chi connectivity index (χ3n) is 3.78. The summed E-state index contributed by atoms with van der Waals surface area (Å²) in [6.45, 7) is 0. The quantitative estimate of drug-likeness (QED) is 0.833. The average molecular weight is 283 g/mol. The highest BCUT2D eigenvalue weighted by molar-refractivity contribution is 5.75. The van der Waals surface area contributed by atoms with E-state index in [4.69, 9.17) is 0 Å². The first-order valence-corrected chi connectivity index (χ1v) is 7.01. The maximum atomic E-state index is 13.8. The minimum absolute atomic E-state index is 0.0110. The normalized spacial score (nSPS) is 18.5. The third-order valence-corrected chi connectivity index (χ3v) is 3.78. The van der Waals surface area contributed by atoms with Crippen molar-refractivity contribution in [2.24, 2.45) is 0 Å². The van der Waals surface area contributed by atoms with Crippen LogP contribution in [0.3, 0.4) is 0 Å². The zero-order chi connectivity index (χ0) is 14.5. The van der Waals surface area contributed by atoms with Gasteiger partial charge >= 0.3 is 5.97 Å². The van der Waals surface area contributed by atoms with Crippen LogP contribution in [0, 0.1) is 11.6 Å². The van der Waals surface area contributed by atoms with Gasteiger partial charge in [0, 0.05) is 17.7 Å². The first-order valence-electron chi connectivity index (χ1n) is 7.01. The lowest BCUT2D eigenvalue weighted by Crippen LogP contribution is -2.37. The second-order valence-electron chi connectivity index (χ2n) is 5.29. The van der Waals surface area contributed by atoms with E-state index in [9.17, 15) is 18.7 Å². The van der Waals surface area contributed by atoms with Gasteiger partial charge in [-0.05, 0) is 18.9 Å². The van der Waals surface area contributed by atoms with Crippen molar-refractivity contribution in [3.8, 4) is 0 Å². The van der Waals surface area contributed by atoms with E-state index in [1.807, 2.05) is 0 Å². The molecule has 0 aromatic heterocycles. The molecule has 0 saturated heterocycles. The van der Waals surface area contributed by atoms with Crippen LogP contribution in [-0.4, -0.2) is 17.1 Å². The summed E-state index contributed by atoms with van der Waals surface area (Å²) in [6, 6.07) is 1.96. The molecule has 1 aromatic rings. The Kier molecular flexibility index (Phi) is 5.06. The molecule has 5 heteroatoms. The number of carboxylic acids is 1. The van der Waals surface area contributed by atoms with Crippen LogP contribution in [0.5, 0.6) is 0 Å². The molecule has 0 radical (unpaired) electrons. The number of halogens is 2. The van der Waals surface area contributed by atoms with E-state index in [-0.39, 0.29) is 11.6 Å². The van der Waals surface area contributed by atoms with Gasteiger partial charge in [-0.15, -0.1) is 0 Å². The summed E-state index contributed by atoms with van der Waals surface area (Å²) in [7, 11) is 0. The summed E-state index contributed by atoms with van der Waals surface area (Å²) >= 11 is 0. The lowest BCUT2D eigenvalue weighted by Gasteiger charge is -2.22.